The van der Waals surface area contributed by atoms with Gasteiger partial charge in [0.05, 0.1) is 10.5 Å². The first-order valence-electron chi connectivity index (χ1n) is 7.22. The number of nitro groups is 1. The number of hydrogen-bond acceptors (Lipinski definition) is 3. The maximum atomic E-state index is 12.6. The molecule has 5 nitrogen and oxygen atoms in total. The van der Waals surface area contributed by atoms with Gasteiger partial charge in [-0.3, -0.25) is 14.9 Å². The van der Waals surface area contributed by atoms with E-state index in [9.17, 15) is 14.9 Å². The van der Waals surface area contributed by atoms with Crippen molar-refractivity contribution in [2.24, 2.45) is 0 Å². The predicted octanol–water partition coefficient (Wildman–Crippen LogP) is 4.04. The van der Waals surface area contributed by atoms with Gasteiger partial charge in [0.25, 0.3) is 11.6 Å². The zero-order chi connectivity index (χ0) is 15.4. The molecule has 6 heteroatoms. The number of benzene rings is 1. The van der Waals surface area contributed by atoms with Crippen LogP contribution in [0, 0.1) is 10.1 Å². The van der Waals surface area contributed by atoms with Crippen molar-refractivity contribution in [3.63, 3.8) is 0 Å². The lowest BCUT2D eigenvalue weighted by Crippen LogP contribution is -2.36. The van der Waals surface area contributed by atoms with Gasteiger partial charge in [0.15, 0.2) is 0 Å². The van der Waals surface area contributed by atoms with Crippen LogP contribution >= 0.6 is 11.6 Å². The summed E-state index contributed by atoms with van der Waals surface area (Å²) < 4.78 is 0. The van der Waals surface area contributed by atoms with E-state index in [1.54, 1.807) is 18.0 Å². The van der Waals surface area contributed by atoms with E-state index in [1.807, 2.05) is 0 Å². The summed E-state index contributed by atoms with van der Waals surface area (Å²) in [6.07, 6.45) is 6.60. The molecule has 1 aromatic rings. The number of rotatable bonds is 3. The van der Waals surface area contributed by atoms with Crippen LogP contribution < -0.4 is 0 Å². The van der Waals surface area contributed by atoms with E-state index in [0.717, 1.165) is 25.7 Å². The molecule has 1 amide bonds. The second-order valence-electron chi connectivity index (χ2n) is 5.46. The van der Waals surface area contributed by atoms with E-state index in [4.69, 9.17) is 11.6 Å². The Kier molecular flexibility index (Phi) is 5.17. The lowest BCUT2D eigenvalue weighted by atomic mass is 10.1. The number of nitrogens with zero attached hydrogens (tertiary/aromatic N) is 2. The summed E-state index contributed by atoms with van der Waals surface area (Å²) >= 11 is 6.02. The third-order valence-corrected chi connectivity index (χ3v) is 4.50. The fourth-order valence-corrected chi connectivity index (χ4v) is 3.10. The third-order valence-electron chi connectivity index (χ3n) is 4.10. The molecule has 0 atom stereocenters. The standard InChI is InChI=1S/C15H19ClN2O3/c1-17(11-7-4-2-3-5-8-11)15(19)12-9-6-10-13(14(12)16)18(20)21/h6,9-11H,2-5,7-8H2,1H3. The summed E-state index contributed by atoms with van der Waals surface area (Å²) in [5.41, 5.74) is -0.0191. The van der Waals surface area contributed by atoms with Crippen molar-refractivity contribution in [3.05, 3.63) is 38.9 Å². The third kappa shape index (κ3) is 3.53. The quantitative estimate of drug-likeness (QED) is 0.481. The van der Waals surface area contributed by atoms with Crippen LogP contribution in [0.1, 0.15) is 48.9 Å². The molecular weight excluding hydrogens is 292 g/mol. The topological polar surface area (TPSA) is 63.5 Å². The molecule has 0 aromatic heterocycles. The molecule has 0 heterocycles. The SMILES string of the molecule is CN(C(=O)c1cccc([N+](=O)[O-])c1Cl)C1CCCCCC1. The Morgan fingerprint density at radius 1 is 1.29 bits per heavy atom. The summed E-state index contributed by atoms with van der Waals surface area (Å²) in [4.78, 5) is 24.6. The van der Waals surface area contributed by atoms with Crippen LogP contribution in [0.25, 0.3) is 0 Å². The van der Waals surface area contributed by atoms with Crippen molar-refractivity contribution in [3.8, 4) is 0 Å². The van der Waals surface area contributed by atoms with Gasteiger partial charge in [-0.25, -0.2) is 0 Å². The number of carbonyl (C=O) groups is 1. The average Bonchev–Trinajstić information content (AvgIpc) is 2.74. The summed E-state index contributed by atoms with van der Waals surface area (Å²) in [6, 6.07) is 4.55. The fourth-order valence-electron chi connectivity index (χ4n) is 2.83. The molecular formula is C15H19ClN2O3. The number of hydrogen-bond donors (Lipinski definition) is 0. The minimum Gasteiger partial charge on any atom is -0.339 e. The van der Waals surface area contributed by atoms with Crippen LogP contribution in [-0.4, -0.2) is 28.8 Å². The molecule has 1 aromatic carbocycles. The number of carbonyl (C=O) groups excluding carboxylic acids is 1. The van der Waals surface area contributed by atoms with E-state index in [0.29, 0.717) is 0 Å². The number of nitro benzene ring substituents is 1. The first-order chi connectivity index (χ1) is 10.0. The second kappa shape index (κ2) is 6.89. The highest BCUT2D eigenvalue weighted by molar-refractivity contribution is 6.35. The van der Waals surface area contributed by atoms with Crippen molar-refractivity contribution in [1.29, 1.82) is 0 Å². The van der Waals surface area contributed by atoms with E-state index in [1.165, 1.54) is 25.0 Å². The molecule has 0 saturated heterocycles. The molecule has 0 aliphatic heterocycles. The summed E-state index contributed by atoms with van der Waals surface area (Å²) in [7, 11) is 1.76. The molecule has 0 N–H and O–H groups in total. The van der Waals surface area contributed by atoms with E-state index >= 15 is 0 Å². The normalized spacial score (nSPS) is 16.3. The Labute approximate surface area is 129 Å². The van der Waals surface area contributed by atoms with E-state index in [2.05, 4.69) is 0 Å². The van der Waals surface area contributed by atoms with Gasteiger partial charge in [-0.1, -0.05) is 43.4 Å². The highest BCUT2D eigenvalue weighted by Crippen LogP contribution is 2.30. The Hall–Kier alpha value is -1.62. The van der Waals surface area contributed by atoms with E-state index in [-0.39, 0.29) is 28.2 Å². The Balaban J connectivity index is 2.22. The second-order valence-corrected chi connectivity index (χ2v) is 5.84. The highest BCUT2D eigenvalue weighted by Gasteiger charge is 2.26. The van der Waals surface area contributed by atoms with Crippen molar-refractivity contribution >= 4 is 23.2 Å². The molecule has 1 aliphatic carbocycles. The van der Waals surface area contributed by atoms with Gasteiger partial charge < -0.3 is 4.90 Å². The lowest BCUT2D eigenvalue weighted by molar-refractivity contribution is -0.384. The van der Waals surface area contributed by atoms with Crippen molar-refractivity contribution in [2.75, 3.05) is 7.05 Å². The van der Waals surface area contributed by atoms with Gasteiger partial charge in [-0.2, -0.15) is 0 Å². The van der Waals surface area contributed by atoms with Gasteiger partial charge in [-0.05, 0) is 18.9 Å². The molecule has 1 saturated carbocycles. The first-order valence-corrected chi connectivity index (χ1v) is 7.60. The fraction of sp³-hybridized carbons (Fsp3) is 0.533. The molecule has 0 radical (unpaired) electrons. The van der Waals surface area contributed by atoms with Crippen LogP contribution in [0.5, 0.6) is 0 Å². The van der Waals surface area contributed by atoms with Crippen LogP contribution in [0.2, 0.25) is 5.02 Å². The van der Waals surface area contributed by atoms with Gasteiger partial charge in [-0.15, -0.1) is 0 Å². The molecule has 0 bridgehead atoms. The van der Waals surface area contributed by atoms with Crippen LogP contribution in [-0.2, 0) is 0 Å². The first kappa shape index (κ1) is 15.8. The molecule has 21 heavy (non-hydrogen) atoms. The largest absolute Gasteiger partial charge is 0.339 e. The van der Waals surface area contributed by atoms with E-state index < -0.39 is 4.92 Å². The van der Waals surface area contributed by atoms with Crippen LogP contribution in [0.3, 0.4) is 0 Å². The Morgan fingerprint density at radius 2 is 1.90 bits per heavy atom. The van der Waals surface area contributed by atoms with Crippen LogP contribution in [0.15, 0.2) is 18.2 Å². The minimum atomic E-state index is -0.565. The van der Waals surface area contributed by atoms with Gasteiger partial charge >= 0.3 is 0 Å². The van der Waals surface area contributed by atoms with Crippen molar-refractivity contribution in [2.45, 2.75) is 44.6 Å². The smallest absolute Gasteiger partial charge is 0.288 e. The molecule has 0 unspecified atom stereocenters. The van der Waals surface area contributed by atoms with Gasteiger partial charge in [0, 0.05) is 19.2 Å². The Bertz CT molecular complexity index is 540. The summed E-state index contributed by atoms with van der Waals surface area (Å²) in [5, 5.41) is 10.8. The van der Waals surface area contributed by atoms with Gasteiger partial charge in [0.1, 0.15) is 5.02 Å². The monoisotopic (exact) mass is 310 g/mol. The molecule has 1 fully saturated rings. The zero-order valence-electron chi connectivity index (χ0n) is 12.0. The maximum Gasteiger partial charge on any atom is 0.288 e. The lowest BCUT2D eigenvalue weighted by Gasteiger charge is -2.27. The van der Waals surface area contributed by atoms with Crippen molar-refractivity contribution in [1.82, 2.24) is 4.90 Å². The highest BCUT2D eigenvalue weighted by atomic mass is 35.5. The van der Waals surface area contributed by atoms with Crippen molar-refractivity contribution < 1.29 is 9.72 Å². The minimum absolute atomic E-state index is 0.0760. The zero-order valence-corrected chi connectivity index (χ0v) is 12.8. The maximum absolute atomic E-state index is 12.6. The summed E-state index contributed by atoms with van der Waals surface area (Å²) in [6.45, 7) is 0. The number of halogens is 1. The summed E-state index contributed by atoms with van der Waals surface area (Å²) in [5.74, 6) is -0.240. The van der Waals surface area contributed by atoms with Crippen LogP contribution in [0.4, 0.5) is 5.69 Å². The molecule has 2 rings (SSSR count). The Morgan fingerprint density at radius 3 is 2.48 bits per heavy atom. The predicted molar refractivity (Wildman–Crippen MR) is 81.7 cm³/mol. The molecule has 0 spiro atoms. The molecule has 114 valence electrons. The number of amides is 1. The average molecular weight is 311 g/mol. The molecule has 1 aliphatic rings. The van der Waals surface area contributed by atoms with Gasteiger partial charge in [0.2, 0.25) is 0 Å².